The molecule has 1 fully saturated rings. The summed E-state index contributed by atoms with van der Waals surface area (Å²) >= 11 is 0. The average Bonchev–Trinajstić information content (AvgIpc) is 3.68. The van der Waals surface area contributed by atoms with E-state index in [1.54, 1.807) is 51.1 Å². The van der Waals surface area contributed by atoms with Crippen LogP contribution in [-0.2, 0) is 54.1 Å². The highest BCUT2D eigenvalue weighted by Crippen LogP contribution is 2.44. The minimum Gasteiger partial charge on any atom is -0.493 e. The monoisotopic (exact) mass is 973 g/mol. The van der Waals surface area contributed by atoms with Gasteiger partial charge in [-0.2, -0.15) is 0 Å². The van der Waals surface area contributed by atoms with Crippen LogP contribution in [0.15, 0.2) is 104 Å². The van der Waals surface area contributed by atoms with E-state index in [1.807, 2.05) is 60.7 Å². The van der Waals surface area contributed by atoms with Gasteiger partial charge in [-0.1, -0.05) is 73.3 Å². The molecule has 16 nitrogen and oxygen atoms in total. The van der Waals surface area contributed by atoms with Gasteiger partial charge in [0.25, 0.3) is 5.91 Å². The first-order chi connectivity index (χ1) is 33.8. The Hall–Kier alpha value is -7.49. The van der Waals surface area contributed by atoms with Crippen molar-refractivity contribution in [1.82, 2.24) is 10.2 Å². The number of benzene rings is 4. The number of anilines is 1. The highest BCUT2D eigenvalue weighted by molar-refractivity contribution is 6.38. The maximum absolute atomic E-state index is 14.3. The van der Waals surface area contributed by atoms with Gasteiger partial charge in [-0.05, 0) is 124 Å². The maximum atomic E-state index is 14.3. The molecule has 16 heteroatoms. The minimum atomic E-state index is -1.43. The Morgan fingerprint density at radius 2 is 1.48 bits per heavy atom. The number of methoxy groups -OCH3 is 2. The van der Waals surface area contributed by atoms with Gasteiger partial charge in [0.15, 0.2) is 11.5 Å². The van der Waals surface area contributed by atoms with Crippen LogP contribution in [0.2, 0.25) is 0 Å². The van der Waals surface area contributed by atoms with E-state index >= 15 is 0 Å². The quantitative estimate of drug-likeness (QED) is 0.0372. The van der Waals surface area contributed by atoms with Gasteiger partial charge in [0.2, 0.25) is 11.7 Å². The number of ether oxygens (including phenoxy) is 6. The summed E-state index contributed by atoms with van der Waals surface area (Å²) in [5.74, 6) is -3.87. The molecule has 1 saturated heterocycles. The number of alkyl carbamates (subject to hydrolysis) is 1. The first-order valence-electron chi connectivity index (χ1n) is 23.6. The molecule has 6 rings (SSSR count). The predicted octanol–water partition coefficient (Wildman–Crippen LogP) is 8.20. The van der Waals surface area contributed by atoms with Gasteiger partial charge < -0.3 is 44.0 Å². The van der Waals surface area contributed by atoms with Gasteiger partial charge in [0, 0.05) is 24.2 Å². The van der Waals surface area contributed by atoms with E-state index in [0.717, 1.165) is 33.9 Å². The summed E-state index contributed by atoms with van der Waals surface area (Å²) in [6, 6.07) is 25.3. The van der Waals surface area contributed by atoms with E-state index in [9.17, 15) is 33.6 Å². The number of hydrogen-bond donors (Lipinski definition) is 2. The Bertz CT molecular complexity index is 2590. The van der Waals surface area contributed by atoms with Crippen molar-refractivity contribution >= 4 is 47.3 Å². The third-order valence-electron chi connectivity index (χ3n) is 12.2. The number of nitrogens with one attached hydrogen (secondary N) is 2. The van der Waals surface area contributed by atoms with Gasteiger partial charge in [-0.3, -0.25) is 14.4 Å². The molecule has 0 radical (unpaired) electrons. The number of Topliss-reactive ketones (excluding diaryl/α,β-unsaturated/α-hetero) is 1. The van der Waals surface area contributed by atoms with Crippen LogP contribution in [-0.4, -0.2) is 98.2 Å². The first kappa shape index (κ1) is 52.9. The molecule has 3 amide bonds. The summed E-state index contributed by atoms with van der Waals surface area (Å²) in [4.78, 5) is 95.4. The van der Waals surface area contributed by atoms with Crippen molar-refractivity contribution in [3.8, 4) is 22.6 Å². The number of amides is 3. The molecule has 2 unspecified atom stereocenters. The molecule has 3 atom stereocenters. The van der Waals surface area contributed by atoms with Crippen LogP contribution >= 0.6 is 0 Å². The van der Waals surface area contributed by atoms with E-state index in [-0.39, 0.29) is 38.5 Å². The van der Waals surface area contributed by atoms with Crippen LogP contribution in [0.5, 0.6) is 11.5 Å². The Labute approximate surface area is 414 Å². The number of carbonyl (C=O) groups is 7. The summed E-state index contributed by atoms with van der Waals surface area (Å²) in [5.41, 5.74) is 3.41. The summed E-state index contributed by atoms with van der Waals surface area (Å²) in [6.07, 6.45) is 0.623. The second kappa shape index (κ2) is 23.4. The van der Waals surface area contributed by atoms with Crippen LogP contribution in [0.1, 0.15) is 101 Å². The lowest BCUT2D eigenvalue weighted by molar-refractivity contribution is -0.165. The third-order valence-corrected chi connectivity index (χ3v) is 12.2. The van der Waals surface area contributed by atoms with Crippen LogP contribution in [0.25, 0.3) is 11.1 Å². The number of hydrogen-bond acceptors (Lipinski definition) is 13. The zero-order valence-corrected chi connectivity index (χ0v) is 41.4. The average molecular weight is 974 g/mol. The SMILES string of the molecule is C=CC(=O)OCC(C)(C)C(=O)C(=O)N1CCCC[C@H]1C(=O)OC(CCc1ccc(OC)c(OC)c1)c1cccc(NC(=O)CC(NC(=O)OCC2c3ccccc3-c3ccccc32)C(=O)OC(C)(C)C)c1. The van der Waals surface area contributed by atoms with Crippen molar-refractivity contribution in [2.24, 2.45) is 5.41 Å². The van der Waals surface area contributed by atoms with Gasteiger partial charge >= 0.3 is 24.0 Å². The van der Waals surface area contributed by atoms with E-state index in [1.165, 1.54) is 33.0 Å². The van der Waals surface area contributed by atoms with Gasteiger partial charge in [0.05, 0.1) is 26.1 Å². The summed E-state index contributed by atoms with van der Waals surface area (Å²) in [5, 5.41) is 5.36. The fourth-order valence-corrected chi connectivity index (χ4v) is 8.62. The molecule has 0 aromatic heterocycles. The molecule has 0 saturated carbocycles. The molecule has 1 aliphatic carbocycles. The van der Waals surface area contributed by atoms with E-state index in [2.05, 4.69) is 17.2 Å². The van der Waals surface area contributed by atoms with Crippen molar-refractivity contribution in [1.29, 1.82) is 0 Å². The van der Waals surface area contributed by atoms with Crippen LogP contribution in [0.3, 0.4) is 0 Å². The zero-order valence-electron chi connectivity index (χ0n) is 41.4. The lowest BCUT2D eigenvalue weighted by atomic mass is 9.87. The largest absolute Gasteiger partial charge is 0.493 e. The van der Waals surface area contributed by atoms with Crippen molar-refractivity contribution in [3.05, 3.63) is 126 Å². The molecule has 4 aromatic rings. The van der Waals surface area contributed by atoms with Crippen molar-refractivity contribution in [3.63, 3.8) is 0 Å². The number of carbonyl (C=O) groups excluding carboxylic acids is 7. The molecular weight excluding hydrogens is 911 g/mol. The molecule has 2 N–H and O–H groups in total. The van der Waals surface area contributed by atoms with E-state index in [0.29, 0.717) is 42.0 Å². The highest BCUT2D eigenvalue weighted by Gasteiger charge is 2.43. The molecule has 1 heterocycles. The van der Waals surface area contributed by atoms with Crippen LogP contribution in [0, 0.1) is 5.41 Å². The fourth-order valence-electron chi connectivity index (χ4n) is 8.62. The smallest absolute Gasteiger partial charge is 0.407 e. The zero-order chi connectivity index (χ0) is 51.5. The number of esters is 3. The maximum Gasteiger partial charge on any atom is 0.407 e. The number of rotatable bonds is 20. The topological polar surface area (TPSA) is 202 Å². The van der Waals surface area contributed by atoms with Gasteiger partial charge in [-0.25, -0.2) is 19.2 Å². The van der Waals surface area contributed by atoms with Crippen molar-refractivity contribution in [2.45, 2.75) is 103 Å². The van der Waals surface area contributed by atoms with Gasteiger partial charge in [-0.15, -0.1) is 0 Å². The number of ketones is 1. The first-order valence-corrected chi connectivity index (χ1v) is 23.6. The number of likely N-dealkylation sites (tertiary alicyclic amines) is 1. The van der Waals surface area contributed by atoms with Crippen molar-refractivity contribution in [2.75, 3.05) is 39.3 Å². The molecule has 1 aliphatic heterocycles. The molecular formula is C55H63N3O13. The van der Waals surface area contributed by atoms with Crippen LogP contribution < -0.4 is 20.1 Å². The predicted molar refractivity (Wildman–Crippen MR) is 264 cm³/mol. The Morgan fingerprint density at radius 3 is 2.13 bits per heavy atom. The van der Waals surface area contributed by atoms with E-state index < -0.39 is 77.2 Å². The third kappa shape index (κ3) is 13.6. The van der Waals surface area contributed by atoms with Crippen molar-refractivity contribution < 1.29 is 62.0 Å². The summed E-state index contributed by atoms with van der Waals surface area (Å²) in [6.45, 7) is 11.1. The number of aryl methyl sites for hydroxylation is 1. The standard InChI is InChI=1S/C55H63N3O13/c1-9-48(60)69-33-55(5,6)49(61)50(62)58-28-15-14-23-43(58)52(64)70-44(26-24-34-25-27-45(66-7)46(29-34)67-8)35-17-16-18-36(30-35)56-47(59)31-42(51(63)71-54(2,3)4)57-53(65)68-32-41-39-21-12-10-19-37(39)38-20-11-13-22-40(38)41/h9-13,16-22,25,27,29-30,41-44H,1,14-15,23-24,26,28,31-33H2,2-8H3,(H,56,59)(H,57,65)/t42?,43-,44?/m0/s1. The second-order valence-corrected chi connectivity index (χ2v) is 19.1. The lowest BCUT2D eigenvalue weighted by Gasteiger charge is -2.36. The van der Waals surface area contributed by atoms with Crippen LogP contribution in [0.4, 0.5) is 10.5 Å². The lowest BCUT2D eigenvalue weighted by Crippen LogP contribution is -2.53. The molecule has 2 aliphatic rings. The molecule has 376 valence electrons. The molecule has 0 bridgehead atoms. The summed E-state index contributed by atoms with van der Waals surface area (Å²) < 4.78 is 33.6. The number of piperidine rings is 1. The Morgan fingerprint density at radius 1 is 0.803 bits per heavy atom. The minimum absolute atomic E-state index is 0.0158. The Kier molecular flexibility index (Phi) is 17.4. The Balaban J connectivity index is 1.19. The number of nitrogens with zero attached hydrogens (tertiary/aromatic N) is 1. The summed E-state index contributed by atoms with van der Waals surface area (Å²) in [7, 11) is 3.05. The highest BCUT2D eigenvalue weighted by atomic mass is 16.6. The normalized spacial score (nSPS) is 15.1. The molecule has 71 heavy (non-hydrogen) atoms. The fraction of sp³-hybridized carbons (Fsp3) is 0.400. The van der Waals surface area contributed by atoms with E-state index in [4.69, 9.17) is 28.4 Å². The molecule has 0 spiro atoms. The molecule has 4 aromatic carbocycles. The second-order valence-electron chi connectivity index (χ2n) is 19.1. The number of fused-ring (bicyclic) bond motifs is 3. The van der Waals surface area contributed by atoms with Gasteiger partial charge in [0.1, 0.15) is 37.0 Å².